The number of anilines is 1. The zero-order chi connectivity index (χ0) is 22.1. The SMILES string of the molecule is COC(=O)c1ccc(CNC(=O)COc2ccc(NC(=O)c3ccccc3)cc2)cc1. The lowest BCUT2D eigenvalue weighted by Gasteiger charge is -2.09. The monoisotopic (exact) mass is 418 g/mol. The predicted octanol–water partition coefficient (Wildman–Crippen LogP) is 3.42. The Labute approximate surface area is 180 Å². The number of methoxy groups -OCH3 is 1. The van der Waals surface area contributed by atoms with E-state index in [4.69, 9.17) is 4.74 Å². The number of carbonyl (C=O) groups excluding carboxylic acids is 3. The molecule has 158 valence electrons. The maximum Gasteiger partial charge on any atom is 0.337 e. The van der Waals surface area contributed by atoms with Gasteiger partial charge in [0.2, 0.25) is 0 Å². The van der Waals surface area contributed by atoms with Gasteiger partial charge in [-0.15, -0.1) is 0 Å². The van der Waals surface area contributed by atoms with Crippen LogP contribution in [0, 0.1) is 0 Å². The zero-order valence-electron chi connectivity index (χ0n) is 17.0. The topological polar surface area (TPSA) is 93.7 Å². The molecule has 0 aliphatic heterocycles. The summed E-state index contributed by atoms with van der Waals surface area (Å²) in [6.07, 6.45) is 0. The maximum absolute atomic E-state index is 12.2. The van der Waals surface area contributed by atoms with Gasteiger partial charge in [-0.3, -0.25) is 9.59 Å². The molecule has 3 aromatic rings. The molecule has 31 heavy (non-hydrogen) atoms. The van der Waals surface area contributed by atoms with Gasteiger partial charge in [0.15, 0.2) is 6.61 Å². The van der Waals surface area contributed by atoms with Crippen LogP contribution in [0.5, 0.6) is 5.75 Å². The minimum absolute atomic E-state index is 0.143. The summed E-state index contributed by atoms with van der Waals surface area (Å²) in [5, 5.41) is 5.55. The van der Waals surface area contributed by atoms with E-state index in [2.05, 4.69) is 15.4 Å². The van der Waals surface area contributed by atoms with Crippen molar-refractivity contribution in [1.82, 2.24) is 5.32 Å². The van der Waals surface area contributed by atoms with Crippen LogP contribution >= 0.6 is 0 Å². The predicted molar refractivity (Wildman–Crippen MR) is 116 cm³/mol. The molecule has 0 spiro atoms. The Morgan fingerprint density at radius 1 is 0.806 bits per heavy atom. The van der Waals surface area contributed by atoms with Crippen LogP contribution in [0.15, 0.2) is 78.9 Å². The molecular weight excluding hydrogens is 396 g/mol. The van der Waals surface area contributed by atoms with Crippen molar-refractivity contribution >= 4 is 23.5 Å². The largest absolute Gasteiger partial charge is 0.484 e. The summed E-state index contributed by atoms with van der Waals surface area (Å²) in [6, 6.07) is 22.5. The van der Waals surface area contributed by atoms with Gasteiger partial charge in [-0.25, -0.2) is 4.79 Å². The van der Waals surface area contributed by atoms with E-state index in [9.17, 15) is 14.4 Å². The van der Waals surface area contributed by atoms with Gasteiger partial charge >= 0.3 is 5.97 Å². The number of hydrogen-bond donors (Lipinski definition) is 2. The van der Waals surface area contributed by atoms with Gasteiger partial charge < -0.3 is 20.1 Å². The fraction of sp³-hybridized carbons (Fsp3) is 0.125. The van der Waals surface area contributed by atoms with E-state index in [0.29, 0.717) is 29.1 Å². The van der Waals surface area contributed by atoms with Crippen molar-refractivity contribution in [2.24, 2.45) is 0 Å². The normalized spacial score (nSPS) is 10.1. The van der Waals surface area contributed by atoms with Crippen molar-refractivity contribution in [3.8, 4) is 5.75 Å². The average molecular weight is 418 g/mol. The summed E-state index contributed by atoms with van der Waals surface area (Å²) in [6.45, 7) is 0.171. The molecule has 3 rings (SSSR count). The Morgan fingerprint density at radius 2 is 1.48 bits per heavy atom. The summed E-state index contributed by atoms with van der Waals surface area (Å²) in [4.78, 5) is 35.6. The summed E-state index contributed by atoms with van der Waals surface area (Å²) in [7, 11) is 1.32. The fourth-order valence-electron chi connectivity index (χ4n) is 2.70. The van der Waals surface area contributed by atoms with Crippen molar-refractivity contribution in [3.05, 3.63) is 95.6 Å². The minimum Gasteiger partial charge on any atom is -0.484 e. The highest BCUT2D eigenvalue weighted by molar-refractivity contribution is 6.04. The molecule has 0 atom stereocenters. The Morgan fingerprint density at radius 3 is 2.13 bits per heavy atom. The van der Waals surface area contributed by atoms with Gasteiger partial charge in [0.25, 0.3) is 11.8 Å². The number of amides is 2. The first kappa shape index (κ1) is 21.6. The molecule has 0 fully saturated rings. The van der Waals surface area contributed by atoms with E-state index in [0.717, 1.165) is 5.56 Å². The summed E-state index contributed by atoms with van der Waals surface area (Å²) in [5.74, 6) is -0.378. The molecule has 0 heterocycles. The average Bonchev–Trinajstić information content (AvgIpc) is 2.82. The second kappa shape index (κ2) is 10.6. The third-order valence-electron chi connectivity index (χ3n) is 4.38. The van der Waals surface area contributed by atoms with E-state index in [1.54, 1.807) is 72.8 Å². The number of benzene rings is 3. The van der Waals surface area contributed by atoms with Crippen LogP contribution in [-0.2, 0) is 16.1 Å². The lowest BCUT2D eigenvalue weighted by molar-refractivity contribution is -0.123. The maximum atomic E-state index is 12.2. The van der Waals surface area contributed by atoms with Crippen LogP contribution in [0.2, 0.25) is 0 Å². The fourth-order valence-corrected chi connectivity index (χ4v) is 2.70. The van der Waals surface area contributed by atoms with Gasteiger partial charge in [0.1, 0.15) is 5.75 Å². The second-order valence-corrected chi connectivity index (χ2v) is 6.60. The van der Waals surface area contributed by atoms with Gasteiger partial charge in [0.05, 0.1) is 12.7 Å². The van der Waals surface area contributed by atoms with E-state index >= 15 is 0 Å². The van der Waals surface area contributed by atoms with Crippen molar-refractivity contribution in [1.29, 1.82) is 0 Å². The molecule has 0 aliphatic carbocycles. The van der Waals surface area contributed by atoms with E-state index in [-0.39, 0.29) is 18.4 Å². The third-order valence-corrected chi connectivity index (χ3v) is 4.38. The molecule has 0 saturated carbocycles. The molecule has 0 aliphatic rings. The number of ether oxygens (including phenoxy) is 2. The minimum atomic E-state index is -0.408. The molecule has 2 N–H and O–H groups in total. The molecule has 0 bridgehead atoms. The first-order valence-corrected chi connectivity index (χ1v) is 9.58. The first-order chi connectivity index (χ1) is 15.0. The van der Waals surface area contributed by atoms with Crippen LogP contribution in [0.1, 0.15) is 26.3 Å². The highest BCUT2D eigenvalue weighted by Gasteiger charge is 2.07. The van der Waals surface area contributed by atoms with Crippen molar-refractivity contribution in [3.63, 3.8) is 0 Å². The van der Waals surface area contributed by atoms with Crippen LogP contribution < -0.4 is 15.4 Å². The molecule has 0 saturated heterocycles. The number of hydrogen-bond acceptors (Lipinski definition) is 5. The molecule has 0 radical (unpaired) electrons. The number of rotatable bonds is 8. The summed E-state index contributed by atoms with van der Waals surface area (Å²) < 4.78 is 10.1. The molecule has 0 unspecified atom stereocenters. The smallest absolute Gasteiger partial charge is 0.337 e. The summed E-state index contributed by atoms with van der Waals surface area (Å²) in [5.41, 5.74) is 2.49. The van der Waals surface area contributed by atoms with Gasteiger partial charge in [0, 0.05) is 17.8 Å². The molecule has 7 nitrogen and oxygen atoms in total. The highest BCUT2D eigenvalue weighted by Crippen LogP contribution is 2.16. The lowest BCUT2D eigenvalue weighted by Crippen LogP contribution is -2.28. The Balaban J connectivity index is 1.43. The van der Waals surface area contributed by atoms with Gasteiger partial charge in [-0.2, -0.15) is 0 Å². The van der Waals surface area contributed by atoms with Gasteiger partial charge in [-0.05, 0) is 54.1 Å². The second-order valence-electron chi connectivity index (χ2n) is 6.60. The summed E-state index contributed by atoms with van der Waals surface area (Å²) >= 11 is 0. The van der Waals surface area contributed by atoms with Crippen LogP contribution in [0.25, 0.3) is 0 Å². The van der Waals surface area contributed by atoms with Crippen LogP contribution in [0.4, 0.5) is 5.69 Å². The standard InChI is InChI=1S/C24H22N2O5/c1-30-24(29)19-9-7-17(8-10-19)15-25-22(27)16-31-21-13-11-20(12-14-21)26-23(28)18-5-3-2-4-6-18/h2-14H,15-16H2,1H3,(H,25,27)(H,26,28). The Hall–Kier alpha value is -4.13. The van der Waals surface area contributed by atoms with Crippen molar-refractivity contribution < 1.29 is 23.9 Å². The number of nitrogens with one attached hydrogen (secondary N) is 2. The van der Waals surface area contributed by atoms with E-state index in [1.807, 2.05) is 6.07 Å². The van der Waals surface area contributed by atoms with E-state index in [1.165, 1.54) is 7.11 Å². The number of esters is 1. The molecule has 0 aromatic heterocycles. The Kier molecular flexibility index (Phi) is 7.37. The lowest BCUT2D eigenvalue weighted by atomic mass is 10.1. The van der Waals surface area contributed by atoms with Crippen molar-refractivity contribution in [2.45, 2.75) is 6.54 Å². The zero-order valence-corrected chi connectivity index (χ0v) is 17.0. The molecular formula is C24H22N2O5. The number of carbonyl (C=O) groups is 3. The van der Waals surface area contributed by atoms with Crippen molar-refractivity contribution in [2.75, 3.05) is 19.0 Å². The highest BCUT2D eigenvalue weighted by atomic mass is 16.5. The van der Waals surface area contributed by atoms with E-state index < -0.39 is 5.97 Å². The molecule has 7 heteroatoms. The molecule has 2 amide bonds. The molecule has 3 aromatic carbocycles. The van der Waals surface area contributed by atoms with Crippen LogP contribution in [-0.4, -0.2) is 31.5 Å². The van der Waals surface area contributed by atoms with Crippen LogP contribution in [0.3, 0.4) is 0 Å². The third kappa shape index (κ3) is 6.43. The Bertz CT molecular complexity index is 1030. The first-order valence-electron chi connectivity index (χ1n) is 9.58. The van der Waals surface area contributed by atoms with Gasteiger partial charge in [-0.1, -0.05) is 30.3 Å². The quantitative estimate of drug-likeness (QED) is 0.547.